The summed E-state index contributed by atoms with van der Waals surface area (Å²) in [6.45, 7) is 3.00. The largest absolute Gasteiger partial charge is 0.491 e. The summed E-state index contributed by atoms with van der Waals surface area (Å²) in [6, 6.07) is 14.9. The molecule has 0 fully saturated rings. The van der Waals surface area contributed by atoms with Gasteiger partial charge in [0.05, 0.1) is 12.8 Å². The van der Waals surface area contributed by atoms with Gasteiger partial charge in [-0.15, -0.1) is 0 Å². The molecule has 0 bridgehead atoms. The van der Waals surface area contributed by atoms with Gasteiger partial charge in [-0.25, -0.2) is 9.37 Å². The predicted molar refractivity (Wildman–Crippen MR) is 104 cm³/mol. The van der Waals surface area contributed by atoms with Gasteiger partial charge in [0.15, 0.2) is 11.6 Å². The molecule has 1 aromatic heterocycles. The van der Waals surface area contributed by atoms with Gasteiger partial charge in [-0.2, -0.15) is 4.98 Å². The second-order valence-corrected chi connectivity index (χ2v) is 5.87. The zero-order chi connectivity index (χ0) is 19.1. The Morgan fingerprint density at radius 3 is 2.30 bits per heavy atom. The van der Waals surface area contributed by atoms with E-state index in [1.807, 2.05) is 55.5 Å². The molecule has 0 aliphatic carbocycles. The van der Waals surface area contributed by atoms with Crippen molar-refractivity contribution in [2.24, 2.45) is 0 Å². The lowest BCUT2D eigenvalue weighted by Crippen LogP contribution is -2.04. The van der Waals surface area contributed by atoms with Gasteiger partial charge < -0.3 is 20.1 Å². The highest BCUT2D eigenvalue weighted by Crippen LogP contribution is 2.22. The Morgan fingerprint density at radius 1 is 0.926 bits per heavy atom. The first-order chi connectivity index (χ1) is 13.1. The maximum atomic E-state index is 14.0. The summed E-state index contributed by atoms with van der Waals surface area (Å²) in [5.74, 6) is 0.609. The molecule has 0 saturated carbocycles. The Labute approximate surface area is 157 Å². The van der Waals surface area contributed by atoms with Crippen LogP contribution in [0.15, 0.2) is 54.7 Å². The number of benzene rings is 2. The summed E-state index contributed by atoms with van der Waals surface area (Å²) < 4.78 is 24.5. The molecule has 3 aromatic rings. The van der Waals surface area contributed by atoms with E-state index in [9.17, 15) is 4.39 Å². The van der Waals surface area contributed by atoms with Crippen molar-refractivity contribution in [2.45, 2.75) is 6.92 Å². The number of ether oxygens (including phenoxy) is 2. The van der Waals surface area contributed by atoms with Gasteiger partial charge in [0.25, 0.3) is 0 Å². The topological polar surface area (TPSA) is 68.3 Å². The van der Waals surface area contributed by atoms with Crippen molar-refractivity contribution in [1.29, 1.82) is 0 Å². The Hall–Kier alpha value is -3.19. The molecular formula is C20H21FN4O2. The molecule has 0 saturated heterocycles. The molecule has 3 rings (SSSR count). The first-order valence-corrected chi connectivity index (χ1v) is 8.49. The lowest BCUT2D eigenvalue weighted by molar-refractivity contribution is 0.146. The van der Waals surface area contributed by atoms with Crippen LogP contribution in [0.5, 0.6) is 5.75 Å². The minimum atomic E-state index is -0.525. The molecule has 140 valence electrons. The van der Waals surface area contributed by atoms with E-state index in [0.717, 1.165) is 28.9 Å². The quantitative estimate of drug-likeness (QED) is 0.573. The maximum Gasteiger partial charge on any atom is 0.229 e. The molecule has 6 nitrogen and oxygen atoms in total. The van der Waals surface area contributed by atoms with Crippen LogP contribution < -0.4 is 15.4 Å². The smallest absolute Gasteiger partial charge is 0.229 e. The van der Waals surface area contributed by atoms with Crippen LogP contribution >= 0.6 is 0 Å². The number of halogens is 1. The number of aryl methyl sites for hydroxylation is 1. The van der Waals surface area contributed by atoms with Gasteiger partial charge in [0, 0.05) is 18.5 Å². The number of hydrogen-bond acceptors (Lipinski definition) is 6. The van der Waals surface area contributed by atoms with Gasteiger partial charge in [-0.05, 0) is 43.3 Å². The van der Waals surface area contributed by atoms with E-state index >= 15 is 0 Å². The van der Waals surface area contributed by atoms with Gasteiger partial charge in [-0.1, -0.05) is 17.7 Å². The fourth-order valence-electron chi connectivity index (χ4n) is 2.30. The number of methoxy groups -OCH3 is 1. The van der Waals surface area contributed by atoms with Crippen molar-refractivity contribution in [3.05, 3.63) is 66.1 Å². The molecule has 2 aromatic carbocycles. The summed E-state index contributed by atoms with van der Waals surface area (Å²) in [4.78, 5) is 8.20. The molecule has 0 spiro atoms. The fraction of sp³-hybridized carbons (Fsp3) is 0.200. The lowest BCUT2D eigenvalue weighted by atomic mass is 10.2. The SMILES string of the molecule is COCCOc1ccc(Nc2ncc(F)c(Nc3ccc(C)cc3)n2)cc1. The zero-order valence-electron chi connectivity index (χ0n) is 15.2. The third-order valence-electron chi connectivity index (χ3n) is 3.73. The molecule has 1 heterocycles. The maximum absolute atomic E-state index is 14.0. The monoisotopic (exact) mass is 368 g/mol. The van der Waals surface area contributed by atoms with Crippen molar-refractivity contribution in [3.8, 4) is 5.75 Å². The number of rotatable bonds is 8. The summed E-state index contributed by atoms with van der Waals surface area (Å²) in [7, 11) is 1.63. The van der Waals surface area contributed by atoms with Crippen molar-refractivity contribution in [1.82, 2.24) is 9.97 Å². The molecule has 7 heteroatoms. The van der Waals surface area contributed by atoms with Crippen molar-refractivity contribution in [3.63, 3.8) is 0 Å². The minimum Gasteiger partial charge on any atom is -0.491 e. The minimum absolute atomic E-state index is 0.107. The van der Waals surface area contributed by atoms with Gasteiger partial charge in [-0.3, -0.25) is 0 Å². The molecule has 0 atom stereocenters. The van der Waals surface area contributed by atoms with Crippen molar-refractivity contribution >= 4 is 23.1 Å². The van der Waals surface area contributed by atoms with Gasteiger partial charge in [0.1, 0.15) is 12.4 Å². The number of aromatic nitrogens is 2. The third-order valence-corrected chi connectivity index (χ3v) is 3.73. The van der Waals surface area contributed by atoms with Crippen LogP contribution in [0.2, 0.25) is 0 Å². The highest BCUT2D eigenvalue weighted by atomic mass is 19.1. The van der Waals surface area contributed by atoms with Crippen LogP contribution in [0.3, 0.4) is 0 Å². The fourth-order valence-corrected chi connectivity index (χ4v) is 2.30. The average molecular weight is 368 g/mol. The van der Waals surface area contributed by atoms with Crippen LogP contribution in [-0.4, -0.2) is 30.3 Å². The highest BCUT2D eigenvalue weighted by Gasteiger charge is 2.08. The van der Waals surface area contributed by atoms with Crippen LogP contribution in [0.1, 0.15) is 5.56 Å². The average Bonchev–Trinajstić information content (AvgIpc) is 2.68. The third kappa shape index (κ3) is 5.39. The molecule has 0 aliphatic rings. The first kappa shape index (κ1) is 18.6. The van der Waals surface area contributed by atoms with E-state index in [4.69, 9.17) is 9.47 Å². The number of nitrogens with one attached hydrogen (secondary N) is 2. The molecule has 0 unspecified atom stereocenters. The second kappa shape index (κ2) is 8.95. The summed E-state index contributed by atoms with van der Waals surface area (Å²) in [6.07, 6.45) is 1.13. The van der Waals surface area contributed by atoms with E-state index in [2.05, 4.69) is 20.6 Å². The highest BCUT2D eigenvalue weighted by molar-refractivity contribution is 5.60. The van der Waals surface area contributed by atoms with E-state index in [-0.39, 0.29) is 5.82 Å². The first-order valence-electron chi connectivity index (χ1n) is 8.49. The van der Waals surface area contributed by atoms with E-state index < -0.39 is 5.82 Å². The summed E-state index contributed by atoms with van der Waals surface area (Å²) in [5, 5.41) is 6.02. The number of anilines is 4. The lowest BCUT2D eigenvalue weighted by Gasteiger charge is -2.10. The van der Waals surface area contributed by atoms with E-state index in [1.165, 1.54) is 0 Å². The molecule has 27 heavy (non-hydrogen) atoms. The Bertz CT molecular complexity index is 870. The summed E-state index contributed by atoms with van der Waals surface area (Å²) >= 11 is 0. The Balaban J connectivity index is 1.67. The normalized spacial score (nSPS) is 10.5. The molecule has 2 N–H and O–H groups in total. The predicted octanol–water partition coefficient (Wildman–Crippen LogP) is 4.44. The number of hydrogen-bond donors (Lipinski definition) is 2. The van der Waals surface area contributed by atoms with Crippen LogP contribution in [0.25, 0.3) is 0 Å². The van der Waals surface area contributed by atoms with Gasteiger partial charge in [0.2, 0.25) is 5.95 Å². The number of nitrogens with zero attached hydrogens (tertiary/aromatic N) is 2. The molecule has 0 radical (unpaired) electrons. The Morgan fingerprint density at radius 2 is 1.59 bits per heavy atom. The standard InChI is InChI=1S/C20H21FN4O2/c1-14-3-5-15(6-4-14)23-19-18(21)13-22-20(25-19)24-16-7-9-17(10-8-16)27-12-11-26-2/h3-10,13H,11-12H2,1-2H3,(H2,22,23,24,25). The molecule has 0 amide bonds. The van der Waals surface area contributed by atoms with Crippen LogP contribution in [-0.2, 0) is 4.74 Å². The van der Waals surface area contributed by atoms with Crippen molar-refractivity contribution in [2.75, 3.05) is 31.0 Å². The second-order valence-electron chi connectivity index (χ2n) is 5.87. The molecular weight excluding hydrogens is 347 g/mol. The van der Waals surface area contributed by atoms with Gasteiger partial charge >= 0.3 is 0 Å². The molecule has 0 aliphatic heterocycles. The van der Waals surface area contributed by atoms with E-state index in [0.29, 0.717) is 19.2 Å². The zero-order valence-corrected chi connectivity index (χ0v) is 15.2. The van der Waals surface area contributed by atoms with Crippen LogP contribution in [0, 0.1) is 12.7 Å². The van der Waals surface area contributed by atoms with Crippen LogP contribution in [0.4, 0.5) is 27.5 Å². The van der Waals surface area contributed by atoms with E-state index in [1.54, 1.807) is 7.11 Å². The summed E-state index contributed by atoms with van der Waals surface area (Å²) in [5.41, 5.74) is 2.64. The van der Waals surface area contributed by atoms with Crippen molar-refractivity contribution < 1.29 is 13.9 Å². The Kier molecular flexibility index (Phi) is 6.17.